The van der Waals surface area contributed by atoms with E-state index in [2.05, 4.69) is 4.74 Å². The highest BCUT2D eigenvalue weighted by Gasteiger charge is 2.30. The van der Waals surface area contributed by atoms with Gasteiger partial charge in [0.1, 0.15) is 5.75 Å². The molecule has 1 aromatic rings. The Balaban J connectivity index is 2.83. The molecule has 0 aliphatic rings. The Morgan fingerprint density at radius 2 is 1.56 bits per heavy atom. The number of alkyl halides is 3. The first kappa shape index (κ1) is 14.4. The van der Waals surface area contributed by atoms with E-state index in [-0.39, 0.29) is 5.75 Å². The van der Waals surface area contributed by atoms with Crippen LogP contribution in [0.1, 0.15) is 26.3 Å². The smallest absolute Gasteiger partial charge is 0.406 e. The largest absolute Gasteiger partial charge is 0.573 e. The highest BCUT2D eigenvalue weighted by atomic mass is 19.4. The number of ether oxygens (including phenoxy) is 1. The van der Waals surface area contributed by atoms with Gasteiger partial charge in [0, 0.05) is 0 Å². The number of halogens is 3. The monoisotopic (exact) mass is 256 g/mol. The van der Waals surface area contributed by atoms with Crippen molar-refractivity contribution in [3.8, 4) is 5.75 Å². The summed E-state index contributed by atoms with van der Waals surface area (Å²) in [5.41, 5.74) is 3.00. The SMILES string of the molecule is CC(C)=C/C=C(\C)c1ccc(OC(F)(F)F)cc1. The van der Waals surface area contributed by atoms with E-state index in [0.29, 0.717) is 0 Å². The second-order valence-electron chi connectivity index (χ2n) is 4.17. The zero-order valence-electron chi connectivity index (χ0n) is 10.5. The third kappa shape index (κ3) is 5.08. The van der Waals surface area contributed by atoms with Gasteiger partial charge in [0.15, 0.2) is 0 Å². The van der Waals surface area contributed by atoms with Gasteiger partial charge >= 0.3 is 6.36 Å². The van der Waals surface area contributed by atoms with Crippen molar-refractivity contribution in [3.63, 3.8) is 0 Å². The van der Waals surface area contributed by atoms with Crippen molar-refractivity contribution < 1.29 is 17.9 Å². The van der Waals surface area contributed by atoms with Crippen LogP contribution in [0.15, 0.2) is 42.0 Å². The first-order chi connectivity index (χ1) is 8.28. The fourth-order valence-corrected chi connectivity index (χ4v) is 1.31. The molecule has 0 aliphatic heterocycles. The molecule has 0 fully saturated rings. The molecule has 0 heterocycles. The fourth-order valence-electron chi connectivity index (χ4n) is 1.31. The van der Waals surface area contributed by atoms with Crippen LogP contribution in [-0.2, 0) is 0 Å². The number of rotatable bonds is 3. The zero-order valence-corrected chi connectivity index (χ0v) is 10.5. The van der Waals surface area contributed by atoms with Gasteiger partial charge in [-0.15, -0.1) is 13.2 Å². The second kappa shape index (κ2) is 5.76. The molecule has 0 bridgehead atoms. The van der Waals surface area contributed by atoms with Crippen LogP contribution in [0.5, 0.6) is 5.75 Å². The zero-order chi connectivity index (χ0) is 13.8. The number of benzene rings is 1. The van der Waals surface area contributed by atoms with E-state index >= 15 is 0 Å². The summed E-state index contributed by atoms with van der Waals surface area (Å²) in [5, 5.41) is 0. The van der Waals surface area contributed by atoms with Crippen molar-refractivity contribution in [2.24, 2.45) is 0 Å². The lowest BCUT2D eigenvalue weighted by molar-refractivity contribution is -0.274. The number of hydrogen-bond acceptors (Lipinski definition) is 1. The second-order valence-corrected chi connectivity index (χ2v) is 4.17. The highest BCUT2D eigenvalue weighted by molar-refractivity contribution is 5.65. The van der Waals surface area contributed by atoms with Gasteiger partial charge in [-0.2, -0.15) is 0 Å². The number of hydrogen-bond donors (Lipinski definition) is 0. The topological polar surface area (TPSA) is 9.23 Å². The van der Waals surface area contributed by atoms with Crippen molar-refractivity contribution in [1.82, 2.24) is 0 Å². The molecule has 98 valence electrons. The first-order valence-corrected chi connectivity index (χ1v) is 5.46. The van der Waals surface area contributed by atoms with Crippen LogP contribution in [0.4, 0.5) is 13.2 Å². The summed E-state index contributed by atoms with van der Waals surface area (Å²) in [5.74, 6) is -0.207. The molecule has 0 saturated heterocycles. The normalized spacial score (nSPS) is 12.2. The summed E-state index contributed by atoms with van der Waals surface area (Å²) in [6.07, 6.45) is -0.765. The van der Waals surface area contributed by atoms with Crippen LogP contribution in [0.25, 0.3) is 5.57 Å². The lowest BCUT2D eigenvalue weighted by atomic mass is 10.1. The molecule has 0 amide bonds. The van der Waals surface area contributed by atoms with E-state index < -0.39 is 6.36 Å². The lowest BCUT2D eigenvalue weighted by Gasteiger charge is -2.09. The molecule has 0 aliphatic carbocycles. The van der Waals surface area contributed by atoms with Crippen molar-refractivity contribution in [2.45, 2.75) is 27.1 Å². The molecule has 4 heteroatoms. The lowest BCUT2D eigenvalue weighted by Crippen LogP contribution is -2.16. The predicted molar refractivity (Wildman–Crippen MR) is 66.2 cm³/mol. The Morgan fingerprint density at radius 3 is 2.00 bits per heavy atom. The Bertz CT molecular complexity index is 449. The maximum absolute atomic E-state index is 12.0. The van der Waals surface area contributed by atoms with Gasteiger partial charge < -0.3 is 4.74 Å². The van der Waals surface area contributed by atoms with Gasteiger partial charge in [-0.3, -0.25) is 0 Å². The van der Waals surface area contributed by atoms with Gasteiger partial charge in [0.2, 0.25) is 0 Å². The third-order valence-corrected chi connectivity index (χ3v) is 2.21. The minimum atomic E-state index is -4.64. The van der Waals surface area contributed by atoms with Crippen molar-refractivity contribution in [1.29, 1.82) is 0 Å². The summed E-state index contributed by atoms with van der Waals surface area (Å²) in [4.78, 5) is 0. The van der Waals surface area contributed by atoms with E-state index in [0.717, 1.165) is 16.7 Å². The third-order valence-electron chi connectivity index (χ3n) is 2.21. The minimum Gasteiger partial charge on any atom is -0.406 e. The Labute approximate surface area is 105 Å². The summed E-state index contributed by atoms with van der Waals surface area (Å²) < 4.78 is 39.7. The van der Waals surface area contributed by atoms with Gasteiger partial charge in [-0.25, -0.2) is 0 Å². The standard InChI is InChI=1S/C14H15F3O/c1-10(2)4-5-11(3)12-6-8-13(9-7-12)18-14(15,16)17/h4-9H,1-3H3/b11-5+. The number of allylic oxidation sites excluding steroid dienone is 4. The summed E-state index contributed by atoms with van der Waals surface area (Å²) in [6.45, 7) is 5.85. The molecular weight excluding hydrogens is 241 g/mol. The molecule has 0 saturated carbocycles. The molecule has 0 radical (unpaired) electrons. The molecular formula is C14H15F3O. The van der Waals surface area contributed by atoms with E-state index in [9.17, 15) is 13.2 Å². The summed E-state index contributed by atoms with van der Waals surface area (Å²) in [6, 6.07) is 5.82. The molecule has 18 heavy (non-hydrogen) atoms. The van der Waals surface area contributed by atoms with Crippen LogP contribution < -0.4 is 4.74 Å². The Hall–Kier alpha value is -1.71. The molecule has 0 N–H and O–H groups in total. The Morgan fingerprint density at radius 1 is 1.00 bits per heavy atom. The van der Waals surface area contributed by atoms with Crippen LogP contribution in [-0.4, -0.2) is 6.36 Å². The summed E-state index contributed by atoms with van der Waals surface area (Å²) in [7, 11) is 0. The van der Waals surface area contributed by atoms with E-state index in [4.69, 9.17) is 0 Å². The quantitative estimate of drug-likeness (QED) is 0.695. The average Bonchev–Trinajstić information content (AvgIpc) is 2.24. The van der Waals surface area contributed by atoms with Crippen LogP contribution in [0.2, 0.25) is 0 Å². The van der Waals surface area contributed by atoms with Crippen LogP contribution in [0.3, 0.4) is 0 Å². The van der Waals surface area contributed by atoms with Gasteiger partial charge in [-0.05, 0) is 44.0 Å². The van der Waals surface area contributed by atoms with E-state index in [1.165, 1.54) is 12.1 Å². The average molecular weight is 256 g/mol. The summed E-state index contributed by atoms with van der Waals surface area (Å²) >= 11 is 0. The highest BCUT2D eigenvalue weighted by Crippen LogP contribution is 2.24. The van der Waals surface area contributed by atoms with E-state index in [1.54, 1.807) is 12.1 Å². The molecule has 0 spiro atoms. The van der Waals surface area contributed by atoms with Crippen molar-refractivity contribution >= 4 is 5.57 Å². The van der Waals surface area contributed by atoms with Gasteiger partial charge in [0.25, 0.3) is 0 Å². The predicted octanol–water partition coefficient (Wildman–Crippen LogP) is 4.95. The van der Waals surface area contributed by atoms with Crippen LogP contribution >= 0.6 is 0 Å². The molecule has 1 nitrogen and oxygen atoms in total. The maximum atomic E-state index is 12.0. The maximum Gasteiger partial charge on any atom is 0.573 e. The molecule has 0 unspecified atom stereocenters. The van der Waals surface area contributed by atoms with Gasteiger partial charge in [-0.1, -0.05) is 29.9 Å². The van der Waals surface area contributed by atoms with Gasteiger partial charge in [0.05, 0.1) is 0 Å². The molecule has 1 rings (SSSR count). The molecule has 0 atom stereocenters. The molecule has 1 aromatic carbocycles. The first-order valence-electron chi connectivity index (χ1n) is 5.46. The van der Waals surface area contributed by atoms with Crippen molar-refractivity contribution in [2.75, 3.05) is 0 Å². The van der Waals surface area contributed by atoms with E-state index in [1.807, 2.05) is 32.9 Å². The molecule has 0 aromatic heterocycles. The minimum absolute atomic E-state index is 0.207. The van der Waals surface area contributed by atoms with Crippen LogP contribution in [0, 0.1) is 0 Å². The van der Waals surface area contributed by atoms with Crippen molar-refractivity contribution in [3.05, 3.63) is 47.6 Å². The fraction of sp³-hybridized carbons (Fsp3) is 0.286. The Kier molecular flexibility index (Phi) is 4.59.